The van der Waals surface area contributed by atoms with Crippen LogP contribution >= 0.6 is 0 Å². The van der Waals surface area contributed by atoms with Gasteiger partial charge < -0.3 is 0 Å². The van der Waals surface area contributed by atoms with Crippen molar-refractivity contribution < 1.29 is 0 Å². The largest absolute Gasteiger partial charge is 0.248 e. The molecule has 2 nitrogen and oxygen atoms in total. The number of rotatable bonds is 2. The molecule has 0 saturated heterocycles. The Labute approximate surface area is 96.2 Å². The molecule has 0 radical (unpaired) electrons. The van der Waals surface area contributed by atoms with Gasteiger partial charge in [0, 0.05) is 18.0 Å². The molecule has 0 atom stereocenters. The second-order valence-electron chi connectivity index (χ2n) is 4.12. The highest BCUT2D eigenvalue weighted by atomic mass is 15.3. The number of nitrogens with zero attached hydrogens (tertiary/aromatic N) is 2. The molecule has 2 heteroatoms. The van der Waals surface area contributed by atoms with Crippen molar-refractivity contribution in [2.45, 2.75) is 20.8 Å². The van der Waals surface area contributed by atoms with Crippen molar-refractivity contribution in [3.8, 4) is 0 Å². The molecule has 0 amide bonds. The first-order valence-corrected chi connectivity index (χ1v) is 5.42. The fraction of sp³-hybridized carbons (Fsp3) is 0.214. The van der Waals surface area contributed by atoms with Crippen molar-refractivity contribution in [3.63, 3.8) is 0 Å². The first-order chi connectivity index (χ1) is 7.66. The van der Waals surface area contributed by atoms with Gasteiger partial charge in [-0.15, -0.1) is 0 Å². The zero-order valence-corrected chi connectivity index (χ0v) is 9.94. The SMILES string of the molecule is Cc1cc(C)c(/C=N/n2cccc2)c(C)c1. The zero-order valence-electron chi connectivity index (χ0n) is 9.94. The second kappa shape index (κ2) is 4.35. The van der Waals surface area contributed by atoms with Crippen LogP contribution in [0.25, 0.3) is 0 Å². The number of benzene rings is 1. The van der Waals surface area contributed by atoms with E-state index in [4.69, 9.17) is 0 Å². The molecule has 2 rings (SSSR count). The van der Waals surface area contributed by atoms with Crippen LogP contribution in [0.5, 0.6) is 0 Å². The zero-order chi connectivity index (χ0) is 11.5. The second-order valence-corrected chi connectivity index (χ2v) is 4.12. The van der Waals surface area contributed by atoms with Gasteiger partial charge in [0.05, 0.1) is 6.21 Å². The van der Waals surface area contributed by atoms with E-state index in [9.17, 15) is 0 Å². The third kappa shape index (κ3) is 2.22. The highest BCUT2D eigenvalue weighted by molar-refractivity contribution is 5.83. The van der Waals surface area contributed by atoms with Gasteiger partial charge in [-0.05, 0) is 44.0 Å². The molecule has 0 N–H and O–H groups in total. The minimum atomic E-state index is 1.21. The number of hydrogen-bond donors (Lipinski definition) is 0. The van der Waals surface area contributed by atoms with Gasteiger partial charge in [-0.3, -0.25) is 0 Å². The molecule has 0 unspecified atom stereocenters. The van der Waals surface area contributed by atoms with Crippen molar-refractivity contribution in [3.05, 3.63) is 58.9 Å². The van der Waals surface area contributed by atoms with Crippen molar-refractivity contribution in [1.82, 2.24) is 4.68 Å². The quantitative estimate of drug-likeness (QED) is 0.680. The maximum Gasteiger partial charge on any atom is 0.0556 e. The molecule has 0 saturated carbocycles. The molecule has 0 aliphatic heterocycles. The van der Waals surface area contributed by atoms with E-state index in [2.05, 4.69) is 38.0 Å². The Hall–Kier alpha value is -1.83. The van der Waals surface area contributed by atoms with E-state index in [1.54, 1.807) is 4.68 Å². The van der Waals surface area contributed by atoms with Gasteiger partial charge in [-0.2, -0.15) is 5.10 Å². The Morgan fingerprint density at radius 3 is 2.12 bits per heavy atom. The predicted octanol–water partition coefficient (Wildman–Crippen LogP) is 3.30. The smallest absolute Gasteiger partial charge is 0.0556 e. The van der Waals surface area contributed by atoms with Crippen LogP contribution in [-0.4, -0.2) is 10.9 Å². The summed E-state index contributed by atoms with van der Waals surface area (Å²) in [6.07, 6.45) is 5.77. The molecule has 0 fully saturated rings. The first kappa shape index (κ1) is 10.7. The lowest BCUT2D eigenvalue weighted by atomic mass is 10.0. The topological polar surface area (TPSA) is 17.3 Å². The molecule has 1 aromatic carbocycles. The third-order valence-corrected chi connectivity index (χ3v) is 2.65. The van der Waals surface area contributed by atoms with E-state index in [0.29, 0.717) is 0 Å². The summed E-state index contributed by atoms with van der Waals surface area (Å²) >= 11 is 0. The van der Waals surface area contributed by atoms with E-state index in [1.807, 2.05) is 30.7 Å². The lowest BCUT2D eigenvalue weighted by molar-refractivity contribution is 0.894. The Bertz CT molecular complexity index is 485. The predicted molar refractivity (Wildman–Crippen MR) is 68.1 cm³/mol. The van der Waals surface area contributed by atoms with Crippen LogP contribution in [0.2, 0.25) is 0 Å². The Balaban J connectivity index is 2.35. The molecular formula is C14H16N2. The molecule has 82 valence electrons. The highest BCUT2D eigenvalue weighted by Gasteiger charge is 2.00. The van der Waals surface area contributed by atoms with Crippen LogP contribution in [0.1, 0.15) is 22.3 Å². The van der Waals surface area contributed by atoms with Crippen LogP contribution in [0.3, 0.4) is 0 Å². The monoisotopic (exact) mass is 212 g/mol. The molecule has 0 bridgehead atoms. The molecule has 0 aliphatic rings. The normalized spacial score (nSPS) is 11.2. The fourth-order valence-corrected chi connectivity index (χ4v) is 1.92. The summed E-state index contributed by atoms with van der Waals surface area (Å²) in [5, 5.41) is 4.38. The van der Waals surface area contributed by atoms with Gasteiger partial charge >= 0.3 is 0 Å². The van der Waals surface area contributed by atoms with Crippen molar-refractivity contribution in [2.75, 3.05) is 0 Å². The summed E-state index contributed by atoms with van der Waals surface area (Å²) in [7, 11) is 0. The Morgan fingerprint density at radius 2 is 1.56 bits per heavy atom. The Kier molecular flexibility index (Phi) is 2.91. The maximum atomic E-state index is 4.38. The summed E-state index contributed by atoms with van der Waals surface area (Å²) in [5.74, 6) is 0. The van der Waals surface area contributed by atoms with Crippen molar-refractivity contribution in [1.29, 1.82) is 0 Å². The molecule has 2 aromatic rings. The lowest BCUT2D eigenvalue weighted by Crippen LogP contribution is -1.95. The summed E-state index contributed by atoms with van der Waals surface area (Å²) in [6.45, 7) is 6.36. The highest BCUT2D eigenvalue weighted by Crippen LogP contribution is 2.14. The van der Waals surface area contributed by atoms with Gasteiger partial charge in [0.15, 0.2) is 0 Å². The van der Waals surface area contributed by atoms with E-state index >= 15 is 0 Å². The van der Waals surface area contributed by atoms with E-state index in [-0.39, 0.29) is 0 Å². The summed E-state index contributed by atoms with van der Waals surface area (Å²) in [6, 6.07) is 8.30. The molecule has 1 heterocycles. The summed E-state index contributed by atoms with van der Waals surface area (Å²) < 4.78 is 1.80. The number of hydrogen-bond acceptors (Lipinski definition) is 1. The summed E-state index contributed by atoms with van der Waals surface area (Å²) in [4.78, 5) is 0. The summed E-state index contributed by atoms with van der Waals surface area (Å²) in [5.41, 5.74) is 5.05. The fourth-order valence-electron chi connectivity index (χ4n) is 1.92. The molecule has 1 aromatic heterocycles. The first-order valence-electron chi connectivity index (χ1n) is 5.42. The minimum absolute atomic E-state index is 1.21. The van der Waals surface area contributed by atoms with Crippen LogP contribution in [0.15, 0.2) is 41.8 Å². The molecular weight excluding hydrogens is 196 g/mol. The van der Waals surface area contributed by atoms with Crippen LogP contribution in [0.4, 0.5) is 0 Å². The average molecular weight is 212 g/mol. The maximum absolute atomic E-state index is 4.38. The standard InChI is InChI=1S/C14H16N2/c1-11-8-12(2)14(13(3)9-11)10-15-16-6-4-5-7-16/h4-10H,1-3H3/b15-10+. The van der Waals surface area contributed by atoms with Gasteiger partial charge in [-0.1, -0.05) is 17.7 Å². The van der Waals surface area contributed by atoms with Crippen LogP contribution in [0, 0.1) is 20.8 Å². The molecule has 0 aliphatic carbocycles. The van der Waals surface area contributed by atoms with Crippen LogP contribution < -0.4 is 0 Å². The third-order valence-electron chi connectivity index (χ3n) is 2.65. The van der Waals surface area contributed by atoms with Crippen LogP contribution in [-0.2, 0) is 0 Å². The van der Waals surface area contributed by atoms with E-state index in [1.165, 1.54) is 22.3 Å². The van der Waals surface area contributed by atoms with Gasteiger partial charge in [-0.25, -0.2) is 4.68 Å². The van der Waals surface area contributed by atoms with Gasteiger partial charge in [0.25, 0.3) is 0 Å². The minimum Gasteiger partial charge on any atom is -0.248 e. The average Bonchev–Trinajstić information content (AvgIpc) is 2.68. The van der Waals surface area contributed by atoms with E-state index < -0.39 is 0 Å². The molecule has 16 heavy (non-hydrogen) atoms. The Morgan fingerprint density at radius 1 is 1.00 bits per heavy atom. The number of aromatic nitrogens is 1. The lowest BCUT2D eigenvalue weighted by Gasteiger charge is -2.06. The van der Waals surface area contributed by atoms with Crippen molar-refractivity contribution in [2.24, 2.45) is 5.10 Å². The number of aryl methyl sites for hydroxylation is 3. The van der Waals surface area contributed by atoms with Gasteiger partial charge in [0.1, 0.15) is 0 Å². The molecule has 0 spiro atoms. The van der Waals surface area contributed by atoms with Crippen molar-refractivity contribution >= 4 is 6.21 Å². The van der Waals surface area contributed by atoms with Gasteiger partial charge in [0.2, 0.25) is 0 Å². The van der Waals surface area contributed by atoms with E-state index in [0.717, 1.165) is 0 Å².